The second-order valence-electron chi connectivity index (χ2n) is 4.10. The summed E-state index contributed by atoms with van der Waals surface area (Å²) < 4.78 is 2.07. The van der Waals surface area contributed by atoms with Gasteiger partial charge in [-0.3, -0.25) is 0 Å². The molecule has 0 radical (unpaired) electrons. The van der Waals surface area contributed by atoms with Crippen LogP contribution >= 0.6 is 23.2 Å². The minimum Gasteiger partial charge on any atom is -0.326 e. The molecule has 0 bridgehead atoms. The maximum absolute atomic E-state index is 6.18. The molecule has 1 aromatic heterocycles. The molecule has 0 amide bonds. The summed E-state index contributed by atoms with van der Waals surface area (Å²) in [6.07, 6.45) is 1.83. The van der Waals surface area contributed by atoms with E-state index in [-0.39, 0.29) is 0 Å². The van der Waals surface area contributed by atoms with Gasteiger partial charge >= 0.3 is 0 Å². The number of nitrogens with zero attached hydrogens (tertiary/aromatic N) is 2. The first-order chi connectivity index (χ1) is 8.74. The summed E-state index contributed by atoms with van der Waals surface area (Å²) in [6, 6.07) is 13.6. The highest BCUT2D eigenvalue weighted by atomic mass is 35.5. The van der Waals surface area contributed by atoms with E-state index < -0.39 is 0 Å². The number of halogens is 2. The van der Waals surface area contributed by atoms with Crippen LogP contribution in [0.25, 0.3) is 11.0 Å². The third kappa shape index (κ3) is 2.09. The SMILES string of the molecule is Clc1ccc(Cn2cnc3ccccc32)c(Cl)c1. The van der Waals surface area contributed by atoms with Crippen LogP contribution in [0.2, 0.25) is 10.0 Å². The van der Waals surface area contributed by atoms with Crippen molar-refractivity contribution in [2.45, 2.75) is 6.54 Å². The van der Waals surface area contributed by atoms with Crippen molar-refractivity contribution in [2.24, 2.45) is 0 Å². The Balaban J connectivity index is 2.01. The molecule has 90 valence electrons. The van der Waals surface area contributed by atoms with Crippen LogP contribution in [-0.2, 0) is 6.54 Å². The zero-order valence-corrected chi connectivity index (χ0v) is 11.0. The Morgan fingerprint density at radius 2 is 1.89 bits per heavy atom. The average molecular weight is 277 g/mol. The smallest absolute Gasteiger partial charge is 0.0961 e. The number of fused-ring (bicyclic) bond motifs is 1. The first-order valence-electron chi connectivity index (χ1n) is 5.58. The fourth-order valence-corrected chi connectivity index (χ4v) is 2.44. The Bertz CT molecular complexity index is 704. The first kappa shape index (κ1) is 11.6. The molecule has 1 heterocycles. The van der Waals surface area contributed by atoms with E-state index in [1.165, 1.54) is 0 Å². The van der Waals surface area contributed by atoms with Crippen molar-refractivity contribution in [3.63, 3.8) is 0 Å². The minimum atomic E-state index is 0.652. The van der Waals surface area contributed by atoms with Crippen LogP contribution in [0.1, 0.15) is 5.56 Å². The van der Waals surface area contributed by atoms with E-state index in [1.807, 2.05) is 42.7 Å². The monoisotopic (exact) mass is 276 g/mol. The fraction of sp³-hybridized carbons (Fsp3) is 0.0714. The van der Waals surface area contributed by atoms with Gasteiger partial charge in [0.2, 0.25) is 0 Å². The molecule has 2 aromatic carbocycles. The standard InChI is InChI=1S/C14H10Cl2N2/c15-11-6-5-10(12(16)7-11)8-18-9-17-13-3-1-2-4-14(13)18/h1-7,9H,8H2. The quantitative estimate of drug-likeness (QED) is 0.679. The van der Waals surface area contributed by atoms with Gasteiger partial charge in [0.1, 0.15) is 0 Å². The van der Waals surface area contributed by atoms with Gasteiger partial charge in [0.25, 0.3) is 0 Å². The van der Waals surface area contributed by atoms with Crippen LogP contribution in [0.5, 0.6) is 0 Å². The summed E-state index contributed by atoms with van der Waals surface area (Å²) in [5.41, 5.74) is 3.12. The van der Waals surface area contributed by atoms with Crippen molar-refractivity contribution in [3.05, 3.63) is 64.4 Å². The van der Waals surface area contributed by atoms with E-state index in [0.717, 1.165) is 16.6 Å². The van der Waals surface area contributed by atoms with Crippen LogP contribution in [0.4, 0.5) is 0 Å². The van der Waals surface area contributed by atoms with Crippen molar-refractivity contribution < 1.29 is 0 Å². The van der Waals surface area contributed by atoms with Crippen LogP contribution < -0.4 is 0 Å². The maximum Gasteiger partial charge on any atom is 0.0961 e. The van der Waals surface area contributed by atoms with E-state index >= 15 is 0 Å². The Hall–Kier alpha value is -1.51. The van der Waals surface area contributed by atoms with E-state index in [2.05, 4.69) is 9.55 Å². The Morgan fingerprint density at radius 3 is 2.72 bits per heavy atom. The Kier molecular flexibility index (Phi) is 2.98. The molecule has 3 rings (SSSR count). The zero-order chi connectivity index (χ0) is 12.5. The van der Waals surface area contributed by atoms with Gasteiger partial charge in [0.15, 0.2) is 0 Å². The molecule has 0 unspecified atom stereocenters. The van der Waals surface area contributed by atoms with Gasteiger partial charge in [-0.05, 0) is 29.8 Å². The number of hydrogen-bond donors (Lipinski definition) is 0. The lowest BCUT2D eigenvalue weighted by Gasteiger charge is -2.07. The first-order valence-corrected chi connectivity index (χ1v) is 6.33. The van der Waals surface area contributed by atoms with Crippen molar-refractivity contribution in [2.75, 3.05) is 0 Å². The molecule has 0 aliphatic heterocycles. The molecule has 0 N–H and O–H groups in total. The molecule has 0 saturated heterocycles. The molecule has 4 heteroatoms. The van der Waals surface area contributed by atoms with E-state index in [0.29, 0.717) is 16.6 Å². The molecule has 2 nitrogen and oxygen atoms in total. The average Bonchev–Trinajstić information content (AvgIpc) is 2.76. The van der Waals surface area contributed by atoms with Crippen molar-refractivity contribution in [1.29, 1.82) is 0 Å². The molecule has 0 atom stereocenters. The fourth-order valence-electron chi connectivity index (χ4n) is 1.97. The highest BCUT2D eigenvalue weighted by Crippen LogP contribution is 2.23. The largest absolute Gasteiger partial charge is 0.326 e. The number of para-hydroxylation sites is 2. The van der Waals surface area contributed by atoms with Crippen molar-refractivity contribution in [3.8, 4) is 0 Å². The van der Waals surface area contributed by atoms with Gasteiger partial charge in [0, 0.05) is 10.0 Å². The van der Waals surface area contributed by atoms with Gasteiger partial charge in [-0.25, -0.2) is 4.98 Å². The second-order valence-corrected chi connectivity index (χ2v) is 4.94. The van der Waals surface area contributed by atoms with Gasteiger partial charge in [-0.2, -0.15) is 0 Å². The molecule has 0 fully saturated rings. The normalized spacial score (nSPS) is 11.0. The number of aromatic nitrogens is 2. The molecule has 18 heavy (non-hydrogen) atoms. The Labute approximate surface area is 115 Å². The summed E-state index contributed by atoms with van der Waals surface area (Å²) >= 11 is 12.1. The zero-order valence-electron chi connectivity index (χ0n) is 9.48. The summed E-state index contributed by atoms with van der Waals surface area (Å²) in [4.78, 5) is 4.36. The lowest BCUT2D eigenvalue weighted by atomic mass is 10.2. The van der Waals surface area contributed by atoms with Crippen LogP contribution in [0.3, 0.4) is 0 Å². The topological polar surface area (TPSA) is 17.8 Å². The predicted octanol–water partition coefficient (Wildman–Crippen LogP) is 4.39. The number of imidazole rings is 1. The lowest BCUT2D eigenvalue weighted by Crippen LogP contribution is -1.98. The molecule has 0 aliphatic rings. The van der Waals surface area contributed by atoms with Gasteiger partial charge in [0.05, 0.1) is 23.9 Å². The third-order valence-corrected chi connectivity index (χ3v) is 3.47. The van der Waals surface area contributed by atoms with E-state index in [1.54, 1.807) is 6.07 Å². The molecule has 0 spiro atoms. The van der Waals surface area contributed by atoms with Crippen molar-refractivity contribution in [1.82, 2.24) is 9.55 Å². The number of hydrogen-bond acceptors (Lipinski definition) is 1. The van der Waals surface area contributed by atoms with Crippen molar-refractivity contribution >= 4 is 34.2 Å². The maximum atomic E-state index is 6.18. The van der Waals surface area contributed by atoms with Gasteiger partial charge in [-0.1, -0.05) is 41.4 Å². The molecular weight excluding hydrogens is 267 g/mol. The number of rotatable bonds is 2. The molecular formula is C14H10Cl2N2. The highest BCUT2D eigenvalue weighted by Gasteiger charge is 2.05. The van der Waals surface area contributed by atoms with Crippen LogP contribution in [-0.4, -0.2) is 9.55 Å². The molecule has 0 saturated carbocycles. The Morgan fingerprint density at radius 1 is 1.06 bits per heavy atom. The number of benzene rings is 2. The lowest BCUT2D eigenvalue weighted by molar-refractivity contribution is 0.825. The third-order valence-electron chi connectivity index (χ3n) is 2.88. The van der Waals surface area contributed by atoms with Crippen LogP contribution in [0, 0.1) is 0 Å². The van der Waals surface area contributed by atoms with E-state index in [4.69, 9.17) is 23.2 Å². The van der Waals surface area contributed by atoms with Gasteiger partial charge < -0.3 is 4.57 Å². The predicted molar refractivity (Wildman–Crippen MR) is 75.3 cm³/mol. The van der Waals surface area contributed by atoms with Gasteiger partial charge in [-0.15, -0.1) is 0 Å². The van der Waals surface area contributed by atoms with E-state index in [9.17, 15) is 0 Å². The minimum absolute atomic E-state index is 0.652. The van der Waals surface area contributed by atoms with Crippen LogP contribution in [0.15, 0.2) is 48.8 Å². The summed E-state index contributed by atoms with van der Waals surface area (Å²) in [5, 5.41) is 1.33. The summed E-state index contributed by atoms with van der Waals surface area (Å²) in [6.45, 7) is 0.691. The molecule has 0 aliphatic carbocycles. The summed E-state index contributed by atoms with van der Waals surface area (Å²) in [7, 11) is 0. The highest BCUT2D eigenvalue weighted by molar-refractivity contribution is 6.35. The summed E-state index contributed by atoms with van der Waals surface area (Å²) in [5.74, 6) is 0. The second kappa shape index (κ2) is 4.63. The molecule has 3 aromatic rings.